The second-order valence-corrected chi connectivity index (χ2v) is 5.34. The Morgan fingerprint density at radius 1 is 0.958 bits per heavy atom. The van der Waals surface area contributed by atoms with Crippen LogP contribution in [0.5, 0.6) is 0 Å². The first-order chi connectivity index (χ1) is 11.7. The second kappa shape index (κ2) is 8.96. The zero-order valence-electron chi connectivity index (χ0n) is 14.2. The molecule has 2 rings (SSSR count). The van der Waals surface area contributed by atoms with Gasteiger partial charge in [-0.1, -0.05) is 18.2 Å². The van der Waals surface area contributed by atoms with Crippen LogP contribution in [-0.2, 0) is 19.1 Å². The van der Waals surface area contributed by atoms with E-state index in [0.29, 0.717) is 0 Å². The van der Waals surface area contributed by atoms with Gasteiger partial charge in [0.25, 0.3) is 0 Å². The van der Waals surface area contributed by atoms with Gasteiger partial charge in [-0.2, -0.15) is 0 Å². The lowest BCUT2D eigenvalue weighted by atomic mass is 10.2. The van der Waals surface area contributed by atoms with Crippen molar-refractivity contribution in [1.82, 2.24) is 4.90 Å². The van der Waals surface area contributed by atoms with Crippen molar-refractivity contribution in [1.29, 1.82) is 0 Å². The van der Waals surface area contributed by atoms with Gasteiger partial charge < -0.3 is 19.3 Å². The highest BCUT2D eigenvalue weighted by Gasteiger charge is 2.24. The van der Waals surface area contributed by atoms with E-state index in [-0.39, 0.29) is 18.8 Å². The molecule has 1 aliphatic rings. The van der Waals surface area contributed by atoms with E-state index in [9.17, 15) is 9.59 Å². The third-order valence-corrected chi connectivity index (χ3v) is 3.74. The molecule has 0 spiro atoms. The average Bonchev–Trinajstić information content (AvgIpc) is 2.61. The standard InChI is InChI=1S/C18H24N2O4/c1-3-23-17(21)16(18(22)24-4-2)14-19-10-12-20(13-11-19)15-8-6-5-7-9-15/h5-9,14H,3-4,10-13H2,1-2H3. The van der Waals surface area contributed by atoms with E-state index in [1.165, 1.54) is 5.69 Å². The van der Waals surface area contributed by atoms with E-state index in [2.05, 4.69) is 17.0 Å². The van der Waals surface area contributed by atoms with Crippen LogP contribution in [0.4, 0.5) is 5.69 Å². The minimum absolute atomic E-state index is 0.0492. The number of nitrogens with zero attached hydrogens (tertiary/aromatic N) is 2. The number of piperazine rings is 1. The van der Waals surface area contributed by atoms with Crippen molar-refractivity contribution in [3.05, 3.63) is 42.1 Å². The van der Waals surface area contributed by atoms with E-state index in [1.54, 1.807) is 20.0 Å². The lowest BCUT2D eigenvalue weighted by Crippen LogP contribution is -2.44. The van der Waals surface area contributed by atoms with Crippen molar-refractivity contribution >= 4 is 17.6 Å². The van der Waals surface area contributed by atoms with Gasteiger partial charge in [0.2, 0.25) is 0 Å². The highest BCUT2D eigenvalue weighted by Crippen LogP contribution is 2.16. The third-order valence-electron chi connectivity index (χ3n) is 3.74. The molecule has 0 aliphatic carbocycles. The number of benzene rings is 1. The lowest BCUT2D eigenvalue weighted by molar-refractivity contribution is -0.146. The van der Waals surface area contributed by atoms with Crippen molar-refractivity contribution in [2.75, 3.05) is 44.3 Å². The first kappa shape index (κ1) is 17.8. The van der Waals surface area contributed by atoms with Gasteiger partial charge in [0.1, 0.15) is 0 Å². The second-order valence-electron chi connectivity index (χ2n) is 5.34. The van der Waals surface area contributed by atoms with Gasteiger partial charge in [-0.3, -0.25) is 0 Å². The number of carbonyl (C=O) groups excluding carboxylic acids is 2. The van der Waals surface area contributed by atoms with Crippen molar-refractivity contribution in [3.63, 3.8) is 0 Å². The van der Waals surface area contributed by atoms with Crippen LogP contribution in [0, 0.1) is 0 Å². The maximum Gasteiger partial charge on any atom is 0.347 e. The number of hydrogen-bond donors (Lipinski definition) is 0. The molecule has 1 saturated heterocycles. The van der Waals surface area contributed by atoms with Crippen LogP contribution in [-0.4, -0.2) is 56.2 Å². The summed E-state index contributed by atoms with van der Waals surface area (Å²) >= 11 is 0. The Hall–Kier alpha value is -2.50. The molecule has 0 unspecified atom stereocenters. The molecule has 0 aromatic heterocycles. The molecule has 1 aromatic rings. The van der Waals surface area contributed by atoms with Gasteiger partial charge in [-0.05, 0) is 26.0 Å². The molecular formula is C18H24N2O4. The summed E-state index contributed by atoms with van der Waals surface area (Å²) in [5, 5.41) is 0. The summed E-state index contributed by atoms with van der Waals surface area (Å²) in [6, 6.07) is 10.2. The SMILES string of the molecule is CCOC(=O)C(=CN1CCN(c2ccccc2)CC1)C(=O)OCC. The number of carbonyl (C=O) groups is 2. The fraction of sp³-hybridized carbons (Fsp3) is 0.444. The Balaban J connectivity index is 2.02. The Bertz CT molecular complexity index is 558. The van der Waals surface area contributed by atoms with E-state index >= 15 is 0 Å². The Labute approximate surface area is 142 Å². The zero-order chi connectivity index (χ0) is 17.4. The smallest absolute Gasteiger partial charge is 0.347 e. The monoisotopic (exact) mass is 332 g/mol. The minimum atomic E-state index is -0.638. The fourth-order valence-electron chi connectivity index (χ4n) is 2.54. The predicted octanol–water partition coefficient (Wildman–Crippen LogP) is 1.82. The predicted molar refractivity (Wildman–Crippen MR) is 91.6 cm³/mol. The van der Waals surface area contributed by atoms with Gasteiger partial charge in [-0.15, -0.1) is 0 Å². The molecule has 6 heteroatoms. The summed E-state index contributed by atoms with van der Waals surface area (Å²) in [6.07, 6.45) is 1.57. The number of hydrogen-bond acceptors (Lipinski definition) is 6. The van der Waals surface area contributed by atoms with Gasteiger partial charge in [0.05, 0.1) is 13.2 Å². The summed E-state index contributed by atoms with van der Waals surface area (Å²) in [5.74, 6) is -1.28. The van der Waals surface area contributed by atoms with Crippen LogP contribution >= 0.6 is 0 Å². The molecule has 6 nitrogen and oxygen atoms in total. The molecule has 0 saturated carbocycles. The van der Waals surface area contributed by atoms with Gasteiger partial charge >= 0.3 is 11.9 Å². The van der Waals surface area contributed by atoms with Crippen LogP contribution in [0.3, 0.4) is 0 Å². The largest absolute Gasteiger partial charge is 0.462 e. The Morgan fingerprint density at radius 3 is 2.00 bits per heavy atom. The Kier molecular flexibility index (Phi) is 6.66. The summed E-state index contributed by atoms with van der Waals surface area (Å²) < 4.78 is 9.92. The average molecular weight is 332 g/mol. The number of ether oxygens (including phenoxy) is 2. The molecule has 1 heterocycles. The molecule has 130 valence electrons. The molecule has 1 aliphatic heterocycles. The minimum Gasteiger partial charge on any atom is -0.462 e. The number of esters is 2. The van der Waals surface area contributed by atoms with Crippen LogP contribution in [0.25, 0.3) is 0 Å². The van der Waals surface area contributed by atoms with E-state index in [1.807, 2.05) is 23.1 Å². The van der Waals surface area contributed by atoms with Crippen molar-refractivity contribution in [2.24, 2.45) is 0 Å². The molecule has 0 bridgehead atoms. The molecule has 1 fully saturated rings. The summed E-state index contributed by atoms with van der Waals surface area (Å²) in [5.41, 5.74) is 1.13. The summed E-state index contributed by atoms with van der Waals surface area (Å²) in [4.78, 5) is 28.2. The van der Waals surface area contributed by atoms with Gasteiger partial charge in [0, 0.05) is 38.1 Å². The lowest BCUT2D eigenvalue weighted by Gasteiger charge is -2.35. The molecule has 0 amide bonds. The van der Waals surface area contributed by atoms with Gasteiger partial charge in [-0.25, -0.2) is 9.59 Å². The van der Waals surface area contributed by atoms with E-state index in [4.69, 9.17) is 9.47 Å². The molecule has 0 N–H and O–H groups in total. The number of rotatable bonds is 6. The van der Waals surface area contributed by atoms with Crippen molar-refractivity contribution < 1.29 is 19.1 Å². The number of para-hydroxylation sites is 1. The molecular weight excluding hydrogens is 308 g/mol. The van der Waals surface area contributed by atoms with Gasteiger partial charge in [0.15, 0.2) is 5.57 Å². The van der Waals surface area contributed by atoms with Crippen LogP contribution in [0.1, 0.15) is 13.8 Å². The highest BCUT2D eigenvalue weighted by molar-refractivity contribution is 6.13. The highest BCUT2D eigenvalue weighted by atomic mass is 16.6. The van der Waals surface area contributed by atoms with Crippen molar-refractivity contribution in [3.8, 4) is 0 Å². The normalized spacial score (nSPS) is 14.1. The topological polar surface area (TPSA) is 59.1 Å². The molecule has 1 aromatic carbocycles. The summed E-state index contributed by atoms with van der Waals surface area (Å²) in [7, 11) is 0. The molecule has 0 atom stereocenters. The summed E-state index contributed by atoms with van der Waals surface area (Å²) in [6.45, 7) is 6.93. The van der Waals surface area contributed by atoms with E-state index < -0.39 is 11.9 Å². The third kappa shape index (κ3) is 4.75. The Morgan fingerprint density at radius 2 is 1.50 bits per heavy atom. The molecule has 0 radical (unpaired) electrons. The zero-order valence-corrected chi connectivity index (χ0v) is 14.2. The van der Waals surface area contributed by atoms with Crippen LogP contribution in [0.15, 0.2) is 42.1 Å². The first-order valence-corrected chi connectivity index (χ1v) is 8.25. The maximum absolute atomic E-state index is 12.0. The first-order valence-electron chi connectivity index (χ1n) is 8.25. The maximum atomic E-state index is 12.0. The van der Waals surface area contributed by atoms with Crippen LogP contribution in [0.2, 0.25) is 0 Å². The van der Waals surface area contributed by atoms with Crippen molar-refractivity contribution in [2.45, 2.75) is 13.8 Å². The van der Waals surface area contributed by atoms with Crippen LogP contribution < -0.4 is 4.90 Å². The fourth-order valence-corrected chi connectivity index (χ4v) is 2.54. The molecule has 24 heavy (non-hydrogen) atoms. The quantitative estimate of drug-likeness (QED) is 0.343. The van der Waals surface area contributed by atoms with E-state index in [0.717, 1.165) is 26.2 Å². The number of anilines is 1.